The number of rotatable bonds is 7. The van der Waals surface area contributed by atoms with Crippen LogP contribution >= 0.6 is 0 Å². The van der Waals surface area contributed by atoms with E-state index < -0.39 is 17.6 Å². The van der Waals surface area contributed by atoms with Gasteiger partial charge in [-0.1, -0.05) is 13.8 Å². The van der Waals surface area contributed by atoms with E-state index in [0.29, 0.717) is 19.4 Å². The second-order valence-corrected chi connectivity index (χ2v) is 3.51. The number of nitrogens with one attached hydrogen (secondary N) is 1. The van der Waals surface area contributed by atoms with Gasteiger partial charge in [-0.05, 0) is 12.8 Å². The van der Waals surface area contributed by atoms with Gasteiger partial charge in [0.1, 0.15) is 6.04 Å². The number of carboxylic acid groups (broad SMARTS) is 1. The molecule has 0 amide bonds. The maximum Gasteiger partial charge on any atom is 0.321 e. The van der Waals surface area contributed by atoms with Crippen LogP contribution in [0.4, 0.5) is 0 Å². The maximum atomic E-state index is 10.4. The zero-order valence-corrected chi connectivity index (χ0v) is 8.79. The standard InChI is InChI=1S/C9H20N2O3/c1-3-9(14,4-2)6-11-5-7(10)8(12)13/h7,11,14H,3-6,10H2,1-2H3,(H,12,13). The van der Waals surface area contributed by atoms with Crippen molar-refractivity contribution in [2.24, 2.45) is 5.73 Å². The van der Waals surface area contributed by atoms with Crippen LogP contribution in [0.3, 0.4) is 0 Å². The summed E-state index contributed by atoms with van der Waals surface area (Å²) in [5, 5.41) is 21.2. The molecule has 0 saturated heterocycles. The fourth-order valence-corrected chi connectivity index (χ4v) is 1.05. The number of carboxylic acids is 1. The molecule has 1 atom stereocenters. The number of carbonyl (C=O) groups is 1. The third-order valence-corrected chi connectivity index (χ3v) is 2.45. The quantitative estimate of drug-likeness (QED) is 0.450. The van der Waals surface area contributed by atoms with Crippen LogP contribution in [-0.2, 0) is 4.79 Å². The molecule has 0 saturated carbocycles. The summed E-state index contributed by atoms with van der Waals surface area (Å²) in [5.41, 5.74) is 4.53. The summed E-state index contributed by atoms with van der Waals surface area (Å²) < 4.78 is 0. The summed E-state index contributed by atoms with van der Waals surface area (Å²) in [6, 6.07) is -0.909. The van der Waals surface area contributed by atoms with Gasteiger partial charge in [0.25, 0.3) is 0 Å². The van der Waals surface area contributed by atoms with Crippen molar-refractivity contribution in [3.05, 3.63) is 0 Å². The van der Waals surface area contributed by atoms with Crippen LogP contribution in [0, 0.1) is 0 Å². The van der Waals surface area contributed by atoms with E-state index in [1.165, 1.54) is 0 Å². The molecule has 5 N–H and O–H groups in total. The van der Waals surface area contributed by atoms with E-state index in [9.17, 15) is 9.90 Å². The third-order valence-electron chi connectivity index (χ3n) is 2.45. The minimum absolute atomic E-state index is 0.178. The van der Waals surface area contributed by atoms with Crippen molar-refractivity contribution in [1.29, 1.82) is 0 Å². The van der Waals surface area contributed by atoms with Gasteiger partial charge in [-0.15, -0.1) is 0 Å². The second-order valence-electron chi connectivity index (χ2n) is 3.51. The lowest BCUT2D eigenvalue weighted by atomic mass is 9.97. The SMILES string of the molecule is CCC(O)(CC)CNCC(N)C(=O)O. The molecule has 0 heterocycles. The Morgan fingerprint density at radius 3 is 2.36 bits per heavy atom. The summed E-state index contributed by atoms with van der Waals surface area (Å²) in [6.07, 6.45) is 1.28. The summed E-state index contributed by atoms with van der Waals surface area (Å²) in [7, 11) is 0. The Kier molecular flexibility index (Phi) is 5.68. The first-order valence-corrected chi connectivity index (χ1v) is 4.86. The molecule has 0 aromatic carbocycles. The molecule has 14 heavy (non-hydrogen) atoms. The number of hydrogen-bond acceptors (Lipinski definition) is 4. The predicted octanol–water partition coefficient (Wildman–Crippen LogP) is -0.461. The summed E-state index contributed by atoms with van der Waals surface area (Å²) >= 11 is 0. The van der Waals surface area contributed by atoms with Gasteiger partial charge in [0.15, 0.2) is 0 Å². The molecule has 0 aliphatic rings. The lowest BCUT2D eigenvalue weighted by Crippen LogP contribution is -2.46. The molecule has 0 bridgehead atoms. The van der Waals surface area contributed by atoms with Gasteiger partial charge in [0.05, 0.1) is 5.60 Å². The molecular formula is C9H20N2O3. The fraction of sp³-hybridized carbons (Fsp3) is 0.889. The predicted molar refractivity (Wildman–Crippen MR) is 54.0 cm³/mol. The Labute approximate surface area is 84.3 Å². The van der Waals surface area contributed by atoms with Crippen molar-refractivity contribution in [1.82, 2.24) is 5.32 Å². The topological polar surface area (TPSA) is 95.6 Å². The lowest BCUT2D eigenvalue weighted by Gasteiger charge is -2.25. The lowest BCUT2D eigenvalue weighted by molar-refractivity contribution is -0.138. The first-order valence-electron chi connectivity index (χ1n) is 4.86. The normalized spacial score (nSPS) is 14.0. The summed E-state index contributed by atoms with van der Waals surface area (Å²) in [4.78, 5) is 10.4. The summed E-state index contributed by atoms with van der Waals surface area (Å²) in [6.45, 7) is 4.34. The monoisotopic (exact) mass is 204 g/mol. The average Bonchev–Trinajstić information content (AvgIpc) is 2.17. The molecule has 5 nitrogen and oxygen atoms in total. The zero-order valence-electron chi connectivity index (χ0n) is 8.79. The van der Waals surface area contributed by atoms with Crippen LogP contribution in [-0.4, -0.2) is 40.9 Å². The minimum atomic E-state index is -1.03. The van der Waals surface area contributed by atoms with Crippen LogP contribution < -0.4 is 11.1 Å². The van der Waals surface area contributed by atoms with Crippen molar-refractivity contribution in [3.8, 4) is 0 Å². The van der Waals surface area contributed by atoms with E-state index in [-0.39, 0.29) is 6.54 Å². The van der Waals surface area contributed by atoms with E-state index in [1.54, 1.807) is 0 Å². The van der Waals surface area contributed by atoms with E-state index in [0.717, 1.165) is 0 Å². The van der Waals surface area contributed by atoms with Gasteiger partial charge in [-0.25, -0.2) is 0 Å². The molecule has 1 unspecified atom stereocenters. The Bertz CT molecular complexity index is 181. The van der Waals surface area contributed by atoms with Crippen LogP contribution in [0.25, 0.3) is 0 Å². The molecule has 0 rings (SSSR count). The van der Waals surface area contributed by atoms with Crippen molar-refractivity contribution >= 4 is 5.97 Å². The van der Waals surface area contributed by atoms with Gasteiger partial charge < -0.3 is 21.3 Å². The van der Waals surface area contributed by atoms with Gasteiger partial charge >= 0.3 is 5.97 Å². The fourth-order valence-electron chi connectivity index (χ4n) is 1.05. The molecule has 0 aromatic rings. The number of aliphatic carboxylic acids is 1. The molecule has 84 valence electrons. The highest BCUT2D eigenvalue weighted by molar-refractivity contribution is 5.73. The van der Waals surface area contributed by atoms with Gasteiger partial charge in [0, 0.05) is 13.1 Å². The number of nitrogens with two attached hydrogens (primary N) is 1. The zero-order chi connectivity index (χ0) is 11.2. The minimum Gasteiger partial charge on any atom is -0.480 e. The van der Waals surface area contributed by atoms with E-state index in [4.69, 9.17) is 10.8 Å². The molecule has 0 aliphatic carbocycles. The Morgan fingerprint density at radius 1 is 1.50 bits per heavy atom. The number of hydrogen-bond donors (Lipinski definition) is 4. The Balaban J connectivity index is 3.77. The third kappa shape index (κ3) is 4.55. The highest BCUT2D eigenvalue weighted by Crippen LogP contribution is 2.12. The van der Waals surface area contributed by atoms with Crippen LogP contribution in [0.2, 0.25) is 0 Å². The Morgan fingerprint density at radius 2 is 2.00 bits per heavy atom. The molecule has 0 aliphatic heterocycles. The average molecular weight is 204 g/mol. The second kappa shape index (κ2) is 5.95. The Hall–Kier alpha value is -0.650. The largest absolute Gasteiger partial charge is 0.480 e. The maximum absolute atomic E-state index is 10.4. The highest BCUT2D eigenvalue weighted by Gasteiger charge is 2.22. The molecule has 0 aromatic heterocycles. The molecule has 0 spiro atoms. The van der Waals surface area contributed by atoms with Gasteiger partial charge in [0.2, 0.25) is 0 Å². The molecule has 0 fully saturated rings. The van der Waals surface area contributed by atoms with Crippen molar-refractivity contribution in [2.75, 3.05) is 13.1 Å². The van der Waals surface area contributed by atoms with Crippen molar-refractivity contribution in [2.45, 2.75) is 38.3 Å². The van der Waals surface area contributed by atoms with Crippen LogP contribution in [0.5, 0.6) is 0 Å². The van der Waals surface area contributed by atoms with Crippen molar-refractivity contribution < 1.29 is 15.0 Å². The molecular weight excluding hydrogens is 184 g/mol. The van der Waals surface area contributed by atoms with E-state index in [1.807, 2.05) is 13.8 Å². The smallest absolute Gasteiger partial charge is 0.321 e. The van der Waals surface area contributed by atoms with Crippen LogP contribution in [0.1, 0.15) is 26.7 Å². The first-order chi connectivity index (χ1) is 6.45. The molecule has 0 radical (unpaired) electrons. The highest BCUT2D eigenvalue weighted by atomic mass is 16.4. The molecule has 5 heteroatoms. The summed E-state index contributed by atoms with van der Waals surface area (Å²) in [5.74, 6) is -1.03. The first kappa shape index (κ1) is 13.4. The van der Waals surface area contributed by atoms with E-state index in [2.05, 4.69) is 5.32 Å². The van der Waals surface area contributed by atoms with E-state index >= 15 is 0 Å². The van der Waals surface area contributed by atoms with Gasteiger partial charge in [-0.3, -0.25) is 4.79 Å². The van der Waals surface area contributed by atoms with Gasteiger partial charge in [-0.2, -0.15) is 0 Å². The van der Waals surface area contributed by atoms with Crippen LogP contribution in [0.15, 0.2) is 0 Å². The van der Waals surface area contributed by atoms with Crippen molar-refractivity contribution in [3.63, 3.8) is 0 Å². The number of aliphatic hydroxyl groups is 1.